The van der Waals surface area contributed by atoms with Gasteiger partial charge in [-0.15, -0.1) is 0 Å². The number of para-hydroxylation sites is 2. The number of carbonyl (C=O) groups is 1. The topological polar surface area (TPSA) is 71.3 Å². The second-order valence-corrected chi connectivity index (χ2v) is 7.06. The highest BCUT2D eigenvalue weighted by Crippen LogP contribution is 2.28. The van der Waals surface area contributed by atoms with Crippen LogP contribution >= 0.6 is 11.3 Å². The van der Waals surface area contributed by atoms with Crippen molar-refractivity contribution in [1.29, 1.82) is 0 Å². The maximum absolute atomic E-state index is 12.4. The average molecular weight is 368 g/mol. The lowest BCUT2D eigenvalue weighted by Gasteiger charge is -2.21. The molecule has 0 aliphatic carbocycles. The zero-order chi connectivity index (χ0) is 17.8. The highest BCUT2D eigenvalue weighted by atomic mass is 32.1. The van der Waals surface area contributed by atoms with E-state index in [1.165, 1.54) is 12.8 Å². The third-order valence-electron chi connectivity index (χ3n) is 4.44. The molecule has 7 heteroatoms. The molecule has 1 aromatic carbocycles. The van der Waals surface area contributed by atoms with Crippen molar-refractivity contribution in [2.45, 2.75) is 25.7 Å². The van der Waals surface area contributed by atoms with Crippen LogP contribution in [0.25, 0.3) is 11.4 Å². The maximum Gasteiger partial charge on any atom is 0.227 e. The predicted octanol–water partition coefficient (Wildman–Crippen LogP) is 3.97. The van der Waals surface area contributed by atoms with Gasteiger partial charge in [0, 0.05) is 36.9 Å². The first-order valence-corrected chi connectivity index (χ1v) is 9.73. The Kier molecular flexibility index (Phi) is 4.97. The molecule has 26 heavy (non-hydrogen) atoms. The summed E-state index contributed by atoms with van der Waals surface area (Å²) in [6, 6.07) is 9.91. The fraction of sp³-hybridized carbons (Fsp3) is 0.316. The molecule has 1 amide bonds. The SMILES string of the molecule is O=C(CCc1nc(-c2ccsc2)no1)Nc1ccccc1N1CCCC1. The summed E-state index contributed by atoms with van der Waals surface area (Å²) in [5.41, 5.74) is 2.90. The molecule has 0 bridgehead atoms. The largest absolute Gasteiger partial charge is 0.370 e. The van der Waals surface area contributed by atoms with Gasteiger partial charge in [-0.05, 0) is 36.4 Å². The standard InChI is InChI=1S/C19H20N4O2S/c24-17(7-8-18-21-19(22-25-18)14-9-12-26-13-14)20-15-5-1-2-6-16(15)23-10-3-4-11-23/h1-2,5-6,9,12-13H,3-4,7-8,10-11H2,(H,20,24). The van der Waals surface area contributed by atoms with Crippen molar-refractivity contribution in [3.8, 4) is 11.4 Å². The Morgan fingerprint density at radius 1 is 1.23 bits per heavy atom. The number of amides is 1. The number of hydrogen-bond donors (Lipinski definition) is 1. The summed E-state index contributed by atoms with van der Waals surface area (Å²) < 4.78 is 5.25. The molecule has 3 aromatic rings. The van der Waals surface area contributed by atoms with Crippen molar-refractivity contribution < 1.29 is 9.32 Å². The molecule has 0 atom stereocenters. The maximum atomic E-state index is 12.4. The lowest BCUT2D eigenvalue weighted by molar-refractivity contribution is -0.116. The van der Waals surface area contributed by atoms with E-state index in [9.17, 15) is 4.79 Å². The molecule has 1 aliphatic rings. The number of aromatic nitrogens is 2. The van der Waals surface area contributed by atoms with Crippen LogP contribution in [0.2, 0.25) is 0 Å². The monoisotopic (exact) mass is 368 g/mol. The third-order valence-corrected chi connectivity index (χ3v) is 5.12. The minimum absolute atomic E-state index is 0.0491. The Hall–Kier alpha value is -2.67. The van der Waals surface area contributed by atoms with Crippen LogP contribution in [0.3, 0.4) is 0 Å². The summed E-state index contributed by atoms with van der Waals surface area (Å²) in [5.74, 6) is 1.00. The number of hydrogen-bond acceptors (Lipinski definition) is 6. The molecule has 3 heterocycles. The molecular formula is C19H20N4O2S. The Morgan fingerprint density at radius 2 is 2.08 bits per heavy atom. The normalized spacial score (nSPS) is 13.9. The molecule has 1 fully saturated rings. The van der Waals surface area contributed by atoms with E-state index < -0.39 is 0 Å². The summed E-state index contributed by atoms with van der Waals surface area (Å²) in [4.78, 5) is 19.0. The van der Waals surface area contributed by atoms with Gasteiger partial charge >= 0.3 is 0 Å². The fourth-order valence-corrected chi connectivity index (χ4v) is 3.75. The van der Waals surface area contributed by atoms with Crippen molar-refractivity contribution in [2.75, 3.05) is 23.3 Å². The van der Waals surface area contributed by atoms with E-state index in [1.54, 1.807) is 11.3 Å². The molecule has 0 radical (unpaired) electrons. The molecular weight excluding hydrogens is 348 g/mol. The van der Waals surface area contributed by atoms with Crippen molar-refractivity contribution in [3.63, 3.8) is 0 Å². The Labute approximate surface area is 155 Å². The van der Waals surface area contributed by atoms with E-state index in [2.05, 4.69) is 26.4 Å². The highest BCUT2D eigenvalue weighted by Gasteiger charge is 2.17. The van der Waals surface area contributed by atoms with Crippen LogP contribution in [0.1, 0.15) is 25.2 Å². The predicted molar refractivity (Wildman–Crippen MR) is 102 cm³/mol. The second kappa shape index (κ2) is 7.70. The first-order valence-electron chi connectivity index (χ1n) is 8.78. The van der Waals surface area contributed by atoms with Crippen LogP contribution in [0, 0.1) is 0 Å². The molecule has 1 saturated heterocycles. The van der Waals surface area contributed by atoms with Gasteiger partial charge in [0.2, 0.25) is 17.6 Å². The van der Waals surface area contributed by atoms with Crippen LogP contribution in [-0.2, 0) is 11.2 Å². The minimum atomic E-state index is -0.0491. The molecule has 0 unspecified atom stereocenters. The number of nitrogens with zero attached hydrogens (tertiary/aromatic N) is 3. The van der Waals surface area contributed by atoms with Crippen molar-refractivity contribution in [3.05, 3.63) is 47.0 Å². The third kappa shape index (κ3) is 3.77. The van der Waals surface area contributed by atoms with Gasteiger partial charge in [-0.25, -0.2) is 0 Å². The average Bonchev–Trinajstić information content (AvgIpc) is 3.42. The molecule has 1 N–H and O–H groups in total. The molecule has 1 aliphatic heterocycles. The molecule has 0 spiro atoms. The molecule has 134 valence electrons. The molecule has 4 rings (SSSR count). The number of thiophene rings is 1. The van der Waals surface area contributed by atoms with Crippen LogP contribution in [-0.4, -0.2) is 29.1 Å². The lowest BCUT2D eigenvalue weighted by atomic mass is 10.2. The van der Waals surface area contributed by atoms with Crippen molar-refractivity contribution in [1.82, 2.24) is 10.1 Å². The molecule has 2 aromatic heterocycles. The fourth-order valence-electron chi connectivity index (χ4n) is 3.11. The Bertz CT molecular complexity index is 869. The van der Waals surface area contributed by atoms with Gasteiger partial charge in [0.05, 0.1) is 11.4 Å². The van der Waals surface area contributed by atoms with E-state index in [-0.39, 0.29) is 5.91 Å². The Balaban J connectivity index is 1.36. The van der Waals surface area contributed by atoms with Gasteiger partial charge < -0.3 is 14.7 Å². The van der Waals surface area contributed by atoms with Crippen LogP contribution in [0.4, 0.5) is 11.4 Å². The number of nitrogens with one attached hydrogen (secondary N) is 1. The first-order chi connectivity index (χ1) is 12.8. The van der Waals surface area contributed by atoms with E-state index in [4.69, 9.17) is 4.52 Å². The van der Waals surface area contributed by atoms with Gasteiger partial charge in [-0.3, -0.25) is 4.79 Å². The molecule has 6 nitrogen and oxygen atoms in total. The van der Waals surface area contributed by atoms with E-state index in [1.807, 2.05) is 35.0 Å². The summed E-state index contributed by atoms with van der Waals surface area (Å²) >= 11 is 1.59. The zero-order valence-corrected chi connectivity index (χ0v) is 15.2. The number of anilines is 2. The van der Waals surface area contributed by atoms with Gasteiger partial charge in [-0.2, -0.15) is 16.3 Å². The van der Waals surface area contributed by atoms with Gasteiger partial charge in [-0.1, -0.05) is 17.3 Å². The van der Waals surface area contributed by atoms with E-state index in [0.717, 1.165) is 30.0 Å². The zero-order valence-electron chi connectivity index (χ0n) is 14.4. The van der Waals surface area contributed by atoms with E-state index >= 15 is 0 Å². The summed E-state index contributed by atoms with van der Waals surface area (Å²) in [7, 11) is 0. The lowest BCUT2D eigenvalue weighted by Crippen LogP contribution is -2.21. The number of carbonyl (C=O) groups excluding carboxylic acids is 1. The number of benzene rings is 1. The summed E-state index contributed by atoms with van der Waals surface area (Å²) in [6.45, 7) is 2.08. The number of rotatable bonds is 6. The smallest absolute Gasteiger partial charge is 0.227 e. The summed E-state index contributed by atoms with van der Waals surface area (Å²) in [5, 5.41) is 10.9. The van der Waals surface area contributed by atoms with Gasteiger partial charge in [0.15, 0.2) is 0 Å². The van der Waals surface area contributed by atoms with Crippen molar-refractivity contribution >= 4 is 28.6 Å². The second-order valence-electron chi connectivity index (χ2n) is 6.28. The number of aryl methyl sites for hydroxylation is 1. The van der Waals surface area contributed by atoms with Crippen LogP contribution in [0.5, 0.6) is 0 Å². The Morgan fingerprint density at radius 3 is 2.88 bits per heavy atom. The van der Waals surface area contributed by atoms with Crippen molar-refractivity contribution in [2.24, 2.45) is 0 Å². The highest BCUT2D eigenvalue weighted by molar-refractivity contribution is 7.08. The van der Waals surface area contributed by atoms with Gasteiger partial charge in [0.1, 0.15) is 0 Å². The first kappa shape index (κ1) is 16.8. The van der Waals surface area contributed by atoms with Crippen LogP contribution < -0.4 is 10.2 Å². The minimum Gasteiger partial charge on any atom is -0.370 e. The summed E-state index contributed by atoms with van der Waals surface area (Å²) in [6.07, 6.45) is 3.13. The van der Waals surface area contributed by atoms with Crippen LogP contribution in [0.15, 0.2) is 45.6 Å². The molecule has 0 saturated carbocycles. The quantitative estimate of drug-likeness (QED) is 0.713. The van der Waals surface area contributed by atoms with Gasteiger partial charge in [0.25, 0.3) is 0 Å². The van der Waals surface area contributed by atoms with E-state index in [0.29, 0.717) is 24.6 Å².